The molecule has 120 valence electrons. The summed E-state index contributed by atoms with van der Waals surface area (Å²) in [6.45, 7) is -0.387. The minimum atomic E-state index is -4.64. The molecule has 1 N–H and O–H groups in total. The van der Waals surface area contributed by atoms with Crippen LogP contribution in [0.4, 0.5) is 26.3 Å². The van der Waals surface area contributed by atoms with Crippen molar-refractivity contribution < 1.29 is 31.1 Å². The number of alkyl halides is 6. The summed E-state index contributed by atoms with van der Waals surface area (Å²) < 4.78 is 74.6. The van der Waals surface area contributed by atoms with E-state index >= 15 is 0 Å². The molecule has 11 heteroatoms. The SMILES string of the molecule is O=C(CC(F)(F)F)NCc1nnc2cc(C(F)(F)F)ccn12. The van der Waals surface area contributed by atoms with E-state index in [4.69, 9.17) is 0 Å². The molecule has 0 fully saturated rings. The van der Waals surface area contributed by atoms with Gasteiger partial charge < -0.3 is 5.32 Å². The molecule has 0 bridgehead atoms. The van der Waals surface area contributed by atoms with Gasteiger partial charge in [-0.2, -0.15) is 26.3 Å². The van der Waals surface area contributed by atoms with E-state index in [0.29, 0.717) is 0 Å². The van der Waals surface area contributed by atoms with Gasteiger partial charge in [0.2, 0.25) is 5.91 Å². The molecular formula is C11H8F6N4O. The number of hydrogen-bond acceptors (Lipinski definition) is 3. The van der Waals surface area contributed by atoms with Crippen LogP contribution >= 0.6 is 0 Å². The van der Waals surface area contributed by atoms with E-state index in [9.17, 15) is 31.1 Å². The van der Waals surface area contributed by atoms with E-state index in [1.807, 2.05) is 5.32 Å². The lowest BCUT2D eigenvalue weighted by molar-refractivity contribution is -0.153. The van der Waals surface area contributed by atoms with Crippen molar-refractivity contribution in [3.05, 3.63) is 29.7 Å². The molecule has 0 radical (unpaired) electrons. The fraction of sp³-hybridized carbons (Fsp3) is 0.364. The molecule has 2 heterocycles. The molecule has 1 amide bonds. The summed E-state index contributed by atoms with van der Waals surface area (Å²) in [6, 6.07) is 1.52. The number of nitrogens with one attached hydrogen (secondary N) is 1. The lowest BCUT2D eigenvalue weighted by Crippen LogP contribution is -2.28. The van der Waals surface area contributed by atoms with Gasteiger partial charge in [-0.1, -0.05) is 0 Å². The van der Waals surface area contributed by atoms with E-state index in [1.54, 1.807) is 0 Å². The Morgan fingerprint density at radius 3 is 2.45 bits per heavy atom. The summed E-state index contributed by atoms with van der Waals surface area (Å²) in [4.78, 5) is 11.0. The van der Waals surface area contributed by atoms with Crippen LogP contribution in [0, 0.1) is 0 Å². The van der Waals surface area contributed by atoms with E-state index in [-0.39, 0.29) is 18.0 Å². The quantitative estimate of drug-likeness (QED) is 0.881. The van der Waals surface area contributed by atoms with Crippen LogP contribution < -0.4 is 5.32 Å². The van der Waals surface area contributed by atoms with Crippen molar-refractivity contribution in [2.75, 3.05) is 0 Å². The van der Waals surface area contributed by atoms with Crippen molar-refractivity contribution in [3.63, 3.8) is 0 Å². The highest BCUT2D eigenvalue weighted by atomic mass is 19.4. The van der Waals surface area contributed by atoms with Crippen molar-refractivity contribution >= 4 is 11.6 Å². The fourth-order valence-corrected chi connectivity index (χ4v) is 1.66. The van der Waals surface area contributed by atoms with Gasteiger partial charge in [-0.05, 0) is 12.1 Å². The number of halogens is 6. The third-order valence-electron chi connectivity index (χ3n) is 2.61. The van der Waals surface area contributed by atoms with Crippen molar-refractivity contribution in [1.82, 2.24) is 19.9 Å². The zero-order valence-corrected chi connectivity index (χ0v) is 10.7. The first-order valence-corrected chi connectivity index (χ1v) is 5.80. The van der Waals surface area contributed by atoms with Gasteiger partial charge >= 0.3 is 12.4 Å². The maximum atomic E-state index is 12.5. The Bertz CT molecular complexity index is 690. The summed E-state index contributed by atoms with van der Waals surface area (Å²) in [7, 11) is 0. The van der Waals surface area contributed by atoms with Crippen LogP contribution in [0.1, 0.15) is 17.8 Å². The molecule has 0 aliphatic heterocycles. The van der Waals surface area contributed by atoms with Crippen LogP contribution in [0.5, 0.6) is 0 Å². The van der Waals surface area contributed by atoms with E-state index in [0.717, 1.165) is 22.7 Å². The zero-order valence-electron chi connectivity index (χ0n) is 10.7. The molecule has 5 nitrogen and oxygen atoms in total. The van der Waals surface area contributed by atoms with Gasteiger partial charge in [0.1, 0.15) is 6.42 Å². The van der Waals surface area contributed by atoms with Gasteiger partial charge in [-0.15, -0.1) is 10.2 Å². The van der Waals surface area contributed by atoms with Crippen LogP contribution in [-0.2, 0) is 17.5 Å². The molecule has 0 saturated carbocycles. The maximum absolute atomic E-state index is 12.5. The lowest BCUT2D eigenvalue weighted by atomic mass is 10.2. The molecule has 2 aromatic rings. The van der Waals surface area contributed by atoms with E-state index < -0.39 is 30.2 Å². The summed E-state index contributed by atoms with van der Waals surface area (Å²) >= 11 is 0. The molecule has 2 aromatic heterocycles. The smallest absolute Gasteiger partial charge is 0.348 e. The van der Waals surface area contributed by atoms with Gasteiger partial charge in [0.15, 0.2) is 11.5 Å². The minimum Gasteiger partial charge on any atom is -0.348 e. The summed E-state index contributed by atoms with van der Waals surface area (Å²) in [6.07, 6.45) is -9.81. The third kappa shape index (κ3) is 3.86. The number of nitrogens with zero attached hydrogens (tertiary/aromatic N) is 3. The largest absolute Gasteiger partial charge is 0.416 e. The first-order valence-electron chi connectivity index (χ1n) is 5.80. The normalized spacial score (nSPS) is 12.6. The third-order valence-corrected chi connectivity index (χ3v) is 2.61. The van der Waals surface area contributed by atoms with Crippen molar-refractivity contribution in [2.45, 2.75) is 25.3 Å². The second-order valence-electron chi connectivity index (χ2n) is 4.33. The molecule has 0 aliphatic carbocycles. The fourth-order valence-electron chi connectivity index (χ4n) is 1.66. The van der Waals surface area contributed by atoms with Gasteiger partial charge in [0, 0.05) is 6.20 Å². The molecule has 0 atom stereocenters. The molecule has 0 aliphatic rings. The number of fused-ring (bicyclic) bond motifs is 1. The highest BCUT2D eigenvalue weighted by Crippen LogP contribution is 2.29. The van der Waals surface area contributed by atoms with Crippen LogP contribution in [0.15, 0.2) is 18.3 Å². The van der Waals surface area contributed by atoms with Crippen LogP contribution in [-0.4, -0.2) is 26.7 Å². The summed E-state index contributed by atoms with van der Waals surface area (Å²) in [5.74, 6) is -1.25. The van der Waals surface area contributed by atoms with Crippen molar-refractivity contribution in [1.29, 1.82) is 0 Å². The van der Waals surface area contributed by atoms with Gasteiger partial charge in [-0.3, -0.25) is 9.20 Å². The number of pyridine rings is 1. The van der Waals surface area contributed by atoms with E-state index in [1.165, 1.54) is 0 Å². The molecule has 0 unspecified atom stereocenters. The summed E-state index contributed by atoms with van der Waals surface area (Å²) in [5, 5.41) is 9.00. The topological polar surface area (TPSA) is 59.3 Å². The Morgan fingerprint density at radius 1 is 1.18 bits per heavy atom. The molecule has 22 heavy (non-hydrogen) atoms. The Morgan fingerprint density at radius 2 is 1.86 bits per heavy atom. The second kappa shape index (κ2) is 5.46. The standard InChI is InChI=1S/C11H8F6N4O/c12-10(13,14)4-9(22)18-5-8-20-19-7-3-6(11(15,16)17)1-2-21(7)8/h1-3H,4-5H2,(H,18,22). The minimum absolute atomic E-state index is 0.0132. The van der Waals surface area contributed by atoms with Crippen molar-refractivity contribution in [2.24, 2.45) is 0 Å². The highest BCUT2D eigenvalue weighted by Gasteiger charge is 2.32. The van der Waals surface area contributed by atoms with Gasteiger partial charge in [0.25, 0.3) is 0 Å². The average molecular weight is 326 g/mol. The predicted molar refractivity (Wildman–Crippen MR) is 60.5 cm³/mol. The highest BCUT2D eigenvalue weighted by molar-refractivity contribution is 5.76. The molecule has 2 rings (SSSR count). The lowest BCUT2D eigenvalue weighted by Gasteiger charge is -2.08. The van der Waals surface area contributed by atoms with Crippen LogP contribution in [0.2, 0.25) is 0 Å². The monoisotopic (exact) mass is 326 g/mol. The van der Waals surface area contributed by atoms with Crippen molar-refractivity contribution in [3.8, 4) is 0 Å². The first-order chi connectivity index (χ1) is 10.1. The summed E-state index contributed by atoms with van der Waals surface area (Å²) in [5.41, 5.74) is -1.06. The predicted octanol–water partition coefficient (Wildman–Crippen LogP) is 2.32. The number of rotatable bonds is 3. The number of amides is 1. The Hall–Kier alpha value is -2.33. The van der Waals surface area contributed by atoms with E-state index in [2.05, 4.69) is 10.2 Å². The number of carbonyl (C=O) groups excluding carboxylic acids is 1. The molecular weight excluding hydrogens is 318 g/mol. The number of hydrogen-bond donors (Lipinski definition) is 1. The Labute approximate surface area is 118 Å². The van der Waals surface area contributed by atoms with Gasteiger partial charge in [-0.25, -0.2) is 0 Å². The molecule has 0 saturated heterocycles. The first kappa shape index (κ1) is 16.0. The molecule has 0 spiro atoms. The molecule has 0 aromatic carbocycles. The number of carbonyl (C=O) groups is 1. The Kier molecular flexibility index (Phi) is 3.98. The van der Waals surface area contributed by atoms with Crippen LogP contribution in [0.3, 0.4) is 0 Å². The average Bonchev–Trinajstić information content (AvgIpc) is 2.75. The Balaban J connectivity index is 2.12. The van der Waals surface area contributed by atoms with Gasteiger partial charge in [0.05, 0.1) is 12.1 Å². The van der Waals surface area contributed by atoms with Crippen LogP contribution in [0.25, 0.3) is 5.65 Å². The number of aromatic nitrogens is 3. The zero-order chi connectivity index (χ0) is 16.5. The maximum Gasteiger partial charge on any atom is 0.416 e. The second-order valence-corrected chi connectivity index (χ2v) is 4.33.